The second-order valence-corrected chi connectivity index (χ2v) is 9.37. The van der Waals surface area contributed by atoms with E-state index in [0.29, 0.717) is 34.4 Å². The number of rotatable bonds is 6. The summed E-state index contributed by atoms with van der Waals surface area (Å²) in [6, 6.07) is 22.2. The van der Waals surface area contributed by atoms with Crippen molar-refractivity contribution in [2.75, 3.05) is 26.7 Å². The van der Waals surface area contributed by atoms with Crippen LogP contribution in [0, 0.1) is 22.7 Å². The fourth-order valence-electron chi connectivity index (χ4n) is 4.69. The number of halogens is 3. The summed E-state index contributed by atoms with van der Waals surface area (Å²) in [5.74, 6) is 0. The molecule has 0 bridgehead atoms. The van der Waals surface area contributed by atoms with Gasteiger partial charge in [0, 0.05) is 5.41 Å². The summed E-state index contributed by atoms with van der Waals surface area (Å²) in [5.41, 5.74) is 2.45. The SMILES string of the molecule is CN1CCC(COCc2cc(-c3ccc(C#N)cc3)cc(C(F)(F)F)c2)(c2cccc(C#N)c2)CC1. The molecule has 3 aromatic rings. The van der Waals surface area contributed by atoms with Crippen molar-refractivity contribution in [3.8, 4) is 23.3 Å². The average Bonchev–Trinajstić information content (AvgIpc) is 2.89. The molecule has 0 saturated carbocycles. The second-order valence-electron chi connectivity index (χ2n) is 9.37. The van der Waals surface area contributed by atoms with Gasteiger partial charge in [0.15, 0.2) is 0 Å². The van der Waals surface area contributed by atoms with Crippen molar-refractivity contribution in [1.29, 1.82) is 10.5 Å². The Kier molecular flexibility index (Phi) is 7.45. The normalized spacial score (nSPS) is 15.7. The fraction of sp³-hybridized carbons (Fsp3) is 0.310. The van der Waals surface area contributed by atoms with Crippen molar-refractivity contribution in [2.24, 2.45) is 0 Å². The van der Waals surface area contributed by atoms with E-state index in [1.165, 1.54) is 0 Å². The summed E-state index contributed by atoms with van der Waals surface area (Å²) in [7, 11) is 2.06. The average molecular weight is 490 g/mol. The van der Waals surface area contributed by atoms with Crippen LogP contribution in [0.3, 0.4) is 0 Å². The van der Waals surface area contributed by atoms with Crippen LogP contribution in [0.4, 0.5) is 13.2 Å². The third-order valence-corrected chi connectivity index (χ3v) is 6.86. The van der Waals surface area contributed by atoms with E-state index in [2.05, 4.69) is 18.0 Å². The van der Waals surface area contributed by atoms with Crippen LogP contribution in [0.15, 0.2) is 66.7 Å². The van der Waals surface area contributed by atoms with E-state index in [0.717, 1.165) is 43.6 Å². The first-order valence-corrected chi connectivity index (χ1v) is 11.7. The van der Waals surface area contributed by atoms with Crippen molar-refractivity contribution >= 4 is 0 Å². The van der Waals surface area contributed by atoms with E-state index in [1.54, 1.807) is 36.4 Å². The molecule has 1 aliphatic heterocycles. The third kappa shape index (κ3) is 5.76. The van der Waals surface area contributed by atoms with Gasteiger partial charge in [-0.1, -0.05) is 24.3 Å². The maximum absolute atomic E-state index is 13.7. The van der Waals surface area contributed by atoms with Crippen LogP contribution in [0.25, 0.3) is 11.1 Å². The van der Waals surface area contributed by atoms with Crippen LogP contribution >= 0.6 is 0 Å². The van der Waals surface area contributed by atoms with Gasteiger partial charge in [-0.05, 0) is 97.7 Å². The molecule has 0 amide bonds. The minimum atomic E-state index is -4.50. The molecule has 0 aromatic heterocycles. The molecule has 0 aliphatic carbocycles. The lowest BCUT2D eigenvalue weighted by Crippen LogP contribution is -2.43. The molecule has 0 spiro atoms. The van der Waals surface area contributed by atoms with Gasteiger partial charge in [-0.25, -0.2) is 0 Å². The minimum Gasteiger partial charge on any atom is -0.376 e. The van der Waals surface area contributed by atoms with Crippen molar-refractivity contribution in [2.45, 2.75) is 31.0 Å². The van der Waals surface area contributed by atoms with E-state index in [-0.39, 0.29) is 12.0 Å². The monoisotopic (exact) mass is 489 g/mol. The summed E-state index contributed by atoms with van der Waals surface area (Å²) in [5, 5.41) is 18.4. The molecule has 3 aromatic carbocycles. The van der Waals surface area contributed by atoms with Crippen LogP contribution in [-0.2, 0) is 22.9 Å². The molecule has 1 aliphatic rings. The van der Waals surface area contributed by atoms with Gasteiger partial charge in [-0.2, -0.15) is 23.7 Å². The highest BCUT2D eigenvalue weighted by Gasteiger charge is 2.36. The number of ether oxygens (including phenoxy) is 1. The van der Waals surface area contributed by atoms with E-state index in [4.69, 9.17) is 10.00 Å². The first kappa shape index (κ1) is 25.4. The molecular formula is C29H26F3N3O. The van der Waals surface area contributed by atoms with Gasteiger partial charge in [0.2, 0.25) is 0 Å². The highest BCUT2D eigenvalue weighted by atomic mass is 19.4. The van der Waals surface area contributed by atoms with Gasteiger partial charge in [0.25, 0.3) is 0 Å². The lowest BCUT2D eigenvalue weighted by Gasteiger charge is -2.41. The molecule has 0 N–H and O–H groups in total. The van der Waals surface area contributed by atoms with Crippen LogP contribution in [0.2, 0.25) is 0 Å². The molecule has 0 unspecified atom stereocenters. The standard InChI is InChI=1S/C29H26F3N3O/c1-35-11-9-28(10-12-35,26-4-2-3-22(14-26)18-34)20-36-19-23-13-25(16-27(15-23)29(30,31)32)24-7-5-21(17-33)6-8-24/h2-8,13-16H,9-12,19-20H2,1H3. The van der Waals surface area contributed by atoms with Crippen molar-refractivity contribution < 1.29 is 17.9 Å². The summed E-state index contributed by atoms with van der Waals surface area (Å²) < 4.78 is 47.1. The Hall–Kier alpha value is -3.65. The van der Waals surface area contributed by atoms with E-state index < -0.39 is 11.7 Å². The number of nitriles is 2. The Morgan fingerprint density at radius 1 is 0.889 bits per heavy atom. The summed E-state index contributed by atoms with van der Waals surface area (Å²) >= 11 is 0. The zero-order valence-electron chi connectivity index (χ0n) is 20.0. The Morgan fingerprint density at radius 3 is 2.22 bits per heavy atom. The van der Waals surface area contributed by atoms with Crippen molar-refractivity contribution in [1.82, 2.24) is 4.90 Å². The zero-order chi connectivity index (χ0) is 25.8. The van der Waals surface area contributed by atoms with Gasteiger partial charge < -0.3 is 9.64 Å². The molecule has 1 heterocycles. The third-order valence-electron chi connectivity index (χ3n) is 6.86. The number of alkyl halides is 3. The molecule has 4 rings (SSSR count). The van der Waals surface area contributed by atoms with E-state index in [1.807, 2.05) is 24.3 Å². The summed E-state index contributed by atoms with van der Waals surface area (Å²) in [4.78, 5) is 2.24. The van der Waals surface area contributed by atoms with Gasteiger partial charge in [0.1, 0.15) is 0 Å². The van der Waals surface area contributed by atoms with Crippen LogP contribution in [0.1, 0.15) is 40.7 Å². The van der Waals surface area contributed by atoms with Gasteiger partial charge in [0.05, 0.1) is 42.0 Å². The first-order valence-electron chi connectivity index (χ1n) is 11.7. The molecule has 7 heteroatoms. The molecule has 1 saturated heterocycles. The van der Waals surface area contributed by atoms with Gasteiger partial charge in [-0.15, -0.1) is 0 Å². The molecule has 0 atom stereocenters. The molecule has 184 valence electrons. The Balaban J connectivity index is 1.59. The number of hydrogen-bond acceptors (Lipinski definition) is 4. The number of benzene rings is 3. The van der Waals surface area contributed by atoms with Gasteiger partial charge >= 0.3 is 6.18 Å². The molecule has 4 nitrogen and oxygen atoms in total. The van der Waals surface area contributed by atoms with Crippen LogP contribution in [0.5, 0.6) is 0 Å². The number of nitrogens with zero attached hydrogens (tertiary/aromatic N) is 3. The second kappa shape index (κ2) is 10.5. The maximum atomic E-state index is 13.7. The highest BCUT2D eigenvalue weighted by Crippen LogP contribution is 2.37. The number of likely N-dealkylation sites (tertiary alicyclic amines) is 1. The van der Waals surface area contributed by atoms with E-state index in [9.17, 15) is 18.4 Å². The predicted molar refractivity (Wildman–Crippen MR) is 131 cm³/mol. The molecular weight excluding hydrogens is 463 g/mol. The van der Waals surface area contributed by atoms with Gasteiger partial charge in [-0.3, -0.25) is 0 Å². The van der Waals surface area contributed by atoms with Crippen LogP contribution < -0.4 is 0 Å². The number of hydrogen-bond donors (Lipinski definition) is 0. The number of piperidine rings is 1. The lowest BCUT2D eigenvalue weighted by atomic mass is 9.73. The Labute approximate surface area is 209 Å². The highest BCUT2D eigenvalue weighted by molar-refractivity contribution is 5.66. The first-order chi connectivity index (χ1) is 17.2. The fourth-order valence-corrected chi connectivity index (χ4v) is 4.69. The Morgan fingerprint density at radius 2 is 1.58 bits per heavy atom. The summed E-state index contributed by atoms with van der Waals surface area (Å²) in [6.45, 7) is 2.11. The topological polar surface area (TPSA) is 60.0 Å². The van der Waals surface area contributed by atoms with Crippen molar-refractivity contribution in [3.63, 3.8) is 0 Å². The zero-order valence-corrected chi connectivity index (χ0v) is 20.0. The van der Waals surface area contributed by atoms with Crippen LogP contribution in [-0.4, -0.2) is 31.6 Å². The van der Waals surface area contributed by atoms with E-state index >= 15 is 0 Å². The lowest BCUT2D eigenvalue weighted by molar-refractivity contribution is -0.137. The maximum Gasteiger partial charge on any atom is 0.416 e. The smallest absolute Gasteiger partial charge is 0.376 e. The predicted octanol–water partition coefficient (Wildman–Crippen LogP) is 6.30. The summed E-state index contributed by atoms with van der Waals surface area (Å²) in [6.07, 6.45) is -2.83. The van der Waals surface area contributed by atoms with Crippen molar-refractivity contribution in [3.05, 3.63) is 94.5 Å². The quantitative estimate of drug-likeness (QED) is 0.408. The molecule has 0 radical (unpaired) electrons. The Bertz CT molecular complexity index is 1300. The largest absolute Gasteiger partial charge is 0.416 e. The molecule has 1 fully saturated rings. The molecule has 36 heavy (non-hydrogen) atoms. The minimum absolute atomic E-state index is 0.0305.